The van der Waals surface area contributed by atoms with Crippen molar-refractivity contribution < 1.29 is 9.66 Å². The highest BCUT2D eigenvalue weighted by Crippen LogP contribution is 2.30. The summed E-state index contributed by atoms with van der Waals surface area (Å²) in [6.45, 7) is 0. The molecule has 3 aromatic rings. The van der Waals surface area contributed by atoms with Crippen molar-refractivity contribution >= 4 is 40.8 Å². The standard InChI is InChI=1S/C19H12Cl2N2O3/c20-17-10-7-15(23(24)25)11-13(17)12-22-14-5-8-16(9-6-14)26-19-4-2-1-3-18(19)21/h1-12H. The second kappa shape index (κ2) is 7.99. The number of hydrogen-bond acceptors (Lipinski definition) is 4. The Morgan fingerprint density at radius 1 is 0.962 bits per heavy atom. The monoisotopic (exact) mass is 386 g/mol. The number of para-hydroxylation sites is 1. The zero-order valence-electron chi connectivity index (χ0n) is 13.3. The van der Waals surface area contributed by atoms with E-state index in [1.165, 1.54) is 24.4 Å². The topological polar surface area (TPSA) is 64.7 Å². The van der Waals surface area contributed by atoms with Crippen LogP contribution in [0.15, 0.2) is 71.7 Å². The second-order valence-corrected chi connectivity index (χ2v) is 6.06. The van der Waals surface area contributed by atoms with E-state index in [1.54, 1.807) is 36.4 Å². The minimum absolute atomic E-state index is 0.0423. The van der Waals surface area contributed by atoms with Gasteiger partial charge in [0.2, 0.25) is 0 Å². The molecule has 5 nitrogen and oxygen atoms in total. The first-order chi connectivity index (χ1) is 12.5. The van der Waals surface area contributed by atoms with Gasteiger partial charge in [-0.05, 0) is 42.5 Å². The summed E-state index contributed by atoms with van der Waals surface area (Å²) >= 11 is 12.1. The Kier molecular flexibility index (Phi) is 5.51. The van der Waals surface area contributed by atoms with Crippen molar-refractivity contribution in [1.82, 2.24) is 0 Å². The quantitative estimate of drug-likeness (QED) is 0.287. The Bertz CT molecular complexity index is 973. The number of rotatable bonds is 5. The molecule has 0 amide bonds. The first-order valence-corrected chi connectivity index (χ1v) is 8.29. The number of non-ortho nitro benzene ring substituents is 1. The lowest BCUT2D eigenvalue weighted by molar-refractivity contribution is -0.384. The van der Waals surface area contributed by atoms with Crippen molar-refractivity contribution in [3.63, 3.8) is 0 Å². The minimum atomic E-state index is -0.478. The Morgan fingerprint density at radius 3 is 2.38 bits per heavy atom. The summed E-state index contributed by atoms with van der Waals surface area (Å²) in [4.78, 5) is 14.7. The molecule has 0 saturated heterocycles. The SMILES string of the molecule is O=[N+]([O-])c1ccc(Cl)c(C=Nc2ccc(Oc3ccccc3Cl)cc2)c1. The first-order valence-electron chi connectivity index (χ1n) is 7.53. The van der Waals surface area contributed by atoms with Gasteiger partial charge in [0.25, 0.3) is 5.69 Å². The fourth-order valence-corrected chi connectivity index (χ4v) is 2.48. The Morgan fingerprint density at radius 2 is 1.69 bits per heavy atom. The maximum absolute atomic E-state index is 10.8. The van der Waals surface area contributed by atoms with Gasteiger partial charge in [-0.15, -0.1) is 0 Å². The van der Waals surface area contributed by atoms with Crippen molar-refractivity contribution in [3.05, 3.63) is 92.5 Å². The molecule has 0 aliphatic heterocycles. The van der Waals surface area contributed by atoms with Crippen LogP contribution in [0.4, 0.5) is 11.4 Å². The molecule has 3 rings (SSSR count). The maximum Gasteiger partial charge on any atom is 0.270 e. The van der Waals surface area contributed by atoms with Gasteiger partial charge in [0, 0.05) is 28.9 Å². The molecule has 0 heterocycles. The summed E-state index contributed by atoms with van der Waals surface area (Å²) in [6, 6.07) is 18.4. The van der Waals surface area contributed by atoms with Crippen LogP contribution in [-0.4, -0.2) is 11.1 Å². The molecule has 0 spiro atoms. The number of benzene rings is 3. The third-order valence-corrected chi connectivity index (χ3v) is 4.10. The van der Waals surface area contributed by atoms with Crippen LogP contribution in [0.5, 0.6) is 11.5 Å². The van der Waals surface area contributed by atoms with E-state index in [-0.39, 0.29) is 5.69 Å². The third-order valence-electron chi connectivity index (χ3n) is 3.44. The summed E-state index contributed by atoms with van der Waals surface area (Å²) in [5.74, 6) is 1.18. The smallest absolute Gasteiger partial charge is 0.270 e. The molecule has 7 heteroatoms. The van der Waals surface area contributed by atoms with Crippen molar-refractivity contribution in [1.29, 1.82) is 0 Å². The summed E-state index contributed by atoms with van der Waals surface area (Å²) in [5, 5.41) is 11.8. The van der Waals surface area contributed by atoms with Crippen LogP contribution in [-0.2, 0) is 0 Å². The fraction of sp³-hybridized carbons (Fsp3) is 0. The van der Waals surface area contributed by atoms with Gasteiger partial charge in [-0.1, -0.05) is 35.3 Å². The molecule has 0 N–H and O–H groups in total. The number of ether oxygens (including phenoxy) is 1. The molecule has 26 heavy (non-hydrogen) atoms. The lowest BCUT2D eigenvalue weighted by Gasteiger charge is -2.07. The molecular weight excluding hydrogens is 375 g/mol. The normalized spacial score (nSPS) is 10.8. The summed E-state index contributed by atoms with van der Waals surface area (Å²) in [7, 11) is 0. The van der Waals surface area contributed by atoms with E-state index in [0.29, 0.717) is 32.8 Å². The van der Waals surface area contributed by atoms with E-state index in [1.807, 2.05) is 12.1 Å². The van der Waals surface area contributed by atoms with Gasteiger partial charge in [-0.25, -0.2) is 0 Å². The number of hydrogen-bond donors (Lipinski definition) is 0. The highest BCUT2D eigenvalue weighted by molar-refractivity contribution is 6.33. The van der Waals surface area contributed by atoms with Gasteiger partial charge >= 0.3 is 0 Å². The Balaban J connectivity index is 1.75. The van der Waals surface area contributed by atoms with E-state index in [2.05, 4.69) is 4.99 Å². The highest BCUT2D eigenvalue weighted by Gasteiger charge is 2.08. The van der Waals surface area contributed by atoms with Crippen LogP contribution >= 0.6 is 23.2 Å². The van der Waals surface area contributed by atoms with E-state index in [9.17, 15) is 10.1 Å². The van der Waals surface area contributed by atoms with Crippen LogP contribution in [0.25, 0.3) is 0 Å². The number of aliphatic imine (C=N–C) groups is 1. The lowest BCUT2D eigenvalue weighted by Crippen LogP contribution is -1.90. The van der Waals surface area contributed by atoms with Gasteiger partial charge in [0.1, 0.15) is 11.5 Å². The summed E-state index contributed by atoms with van der Waals surface area (Å²) in [6.07, 6.45) is 1.49. The van der Waals surface area contributed by atoms with Crippen LogP contribution in [0.1, 0.15) is 5.56 Å². The molecule has 0 radical (unpaired) electrons. The molecule has 0 unspecified atom stereocenters. The van der Waals surface area contributed by atoms with Gasteiger partial charge < -0.3 is 4.74 Å². The molecule has 0 saturated carbocycles. The summed E-state index contributed by atoms with van der Waals surface area (Å²) < 4.78 is 5.71. The second-order valence-electron chi connectivity index (χ2n) is 5.25. The van der Waals surface area contributed by atoms with Crippen LogP contribution in [0.3, 0.4) is 0 Å². The fourth-order valence-electron chi connectivity index (χ4n) is 2.14. The molecule has 0 aliphatic carbocycles. The van der Waals surface area contributed by atoms with E-state index < -0.39 is 4.92 Å². The van der Waals surface area contributed by atoms with Crippen molar-refractivity contribution in [2.45, 2.75) is 0 Å². The molecule has 0 bridgehead atoms. The van der Waals surface area contributed by atoms with Crippen LogP contribution < -0.4 is 4.74 Å². The van der Waals surface area contributed by atoms with Gasteiger partial charge in [0.05, 0.1) is 15.6 Å². The Labute approximate surface area is 159 Å². The average Bonchev–Trinajstić information content (AvgIpc) is 2.64. The lowest BCUT2D eigenvalue weighted by atomic mass is 10.2. The molecular formula is C19H12Cl2N2O3. The van der Waals surface area contributed by atoms with Crippen LogP contribution in [0, 0.1) is 10.1 Å². The summed E-state index contributed by atoms with van der Waals surface area (Å²) in [5.41, 5.74) is 1.08. The number of nitro groups is 1. The van der Waals surface area contributed by atoms with Crippen molar-refractivity contribution in [2.75, 3.05) is 0 Å². The Hall–Kier alpha value is -2.89. The first kappa shape index (κ1) is 17.9. The largest absolute Gasteiger partial charge is 0.456 e. The molecule has 0 fully saturated rings. The van der Waals surface area contributed by atoms with E-state index >= 15 is 0 Å². The number of halogens is 2. The molecule has 130 valence electrons. The zero-order chi connectivity index (χ0) is 18.5. The number of nitro benzene ring substituents is 1. The van der Waals surface area contributed by atoms with Gasteiger partial charge in [0.15, 0.2) is 0 Å². The van der Waals surface area contributed by atoms with Gasteiger partial charge in [-0.3, -0.25) is 15.1 Å². The third kappa shape index (κ3) is 4.39. The number of nitrogens with zero attached hydrogens (tertiary/aromatic N) is 2. The van der Waals surface area contributed by atoms with Crippen LogP contribution in [0.2, 0.25) is 10.0 Å². The molecule has 0 atom stereocenters. The zero-order valence-corrected chi connectivity index (χ0v) is 14.8. The molecule has 0 aromatic heterocycles. The van der Waals surface area contributed by atoms with Crippen molar-refractivity contribution in [2.24, 2.45) is 4.99 Å². The molecule has 0 aliphatic rings. The minimum Gasteiger partial charge on any atom is -0.456 e. The highest BCUT2D eigenvalue weighted by atomic mass is 35.5. The molecule has 3 aromatic carbocycles. The van der Waals surface area contributed by atoms with Gasteiger partial charge in [-0.2, -0.15) is 0 Å². The predicted molar refractivity (Wildman–Crippen MR) is 103 cm³/mol. The maximum atomic E-state index is 10.8. The average molecular weight is 387 g/mol. The van der Waals surface area contributed by atoms with Crippen molar-refractivity contribution in [3.8, 4) is 11.5 Å². The predicted octanol–water partition coefficient (Wildman–Crippen LogP) is 6.44. The van der Waals surface area contributed by atoms with E-state index in [4.69, 9.17) is 27.9 Å². The van der Waals surface area contributed by atoms with E-state index in [0.717, 1.165) is 0 Å².